The minimum Gasteiger partial charge on any atom is -0.358 e. The van der Waals surface area contributed by atoms with E-state index in [1.807, 2.05) is 0 Å². The van der Waals surface area contributed by atoms with E-state index >= 15 is 0 Å². The first-order valence-corrected chi connectivity index (χ1v) is 7.30. The van der Waals surface area contributed by atoms with Crippen LogP contribution < -0.4 is 10.6 Å². The Morgan fingerprint density at radius 2 is 2.00 bits per heavy atom. The lowest BCUT2D eigenvalue weighted by atomic mass is 9.84. The summed E-state index contributed by atoms with van der Waals surface area (Å²) in [6.45, 7) is 4.51. The van der Waals surface area contributed by atoms with Crippen LogP contribution in [0.25, 0.3) is 10.9 Å². The molecule has 3 aliphatic heterocycles. The number of nitrogens with zero attached hydrogens (tertiary/aromatic N) is 2. The molecule has 2 bridgehead atoms. The second kappa shape index (κ2) is 3.76. The Hall–Kier alpha value is -1.48. The van der Waals surface area contributed by atoms with E-state index in [1.54, 1.807) is 5.56 Å². The van der Waals surface area contributed by atoms with E-state index in [0.29, 0.717) is 0 Å². The second-order valence-electron chi connectivity index (χ2n) is 6.09. The summed E-state index contributed by atoms with van der Waals surface area (Å²) in [4.78, 5) is 2.56. The van der Waals surface area contributed by atoms with Gasteiger partial charge in [0.1, 0.15) is 5.82 Å². The quantitative estimate of drug-likeness (QED) is 0.850. The van der Waals surface area contributed by atoms with Gasteiger partial charge >= 0.3 is 0 Å². The van der Waals surface area contributed by atoms with Crippen LogP contribution in [0.2, 0.25) is 0 Å². The number of hydrogen-bond acceptors (Lipinski definition) is 2. The van der Waals surface area contributed by atoms with Crippen molar-refractivity contribution in [2.45, 2.75) is 31.7 Å². The molecular weight excluding hydrogens is 234 g/mol. The molecule has 4 heterocycles. The predicted molar refractivity (Wildman–Crippen MR) is 79.7 cm³/mol. The van der Waals surface area contributed by atoms with Gasteiger partial charge in [0.25, 0.3) is 0 Å². The standard InChI is InChI=1S/C16H21N3/c1-10(17)12-4-3-5-13-14-11-6-8-19(9-7-11)16(14)18(2)15(12)13/h3-5,10-11H,6-9,17H2,1-2H3. The second-order valence-corrected chi connectivity index (χ2v) is 6.09. The summed E-state index contributed by atoms with van der Waals surface area (Å²) < 4.78 is 2.38. The molecule has 3 nitrogen and oxygen atoms in total. The first kappa shape index (κ1) is 11.4. The van der Waals surface area contributed by atoms with Crippen molar-refractivity contribution in [1.29, 1.82) is 0 Å². The highest BCUT2D eigenvalue weighted by Gasteiger charge is 2.35. The molecule has 5 rings (SSSR count). The van der Waals surface area contributed by atoms with Gasteiger partial charge in [-0.25, -0.2) is 0 Å². The molecule has 0 radical (unpaired) electrons. The molecule has 2 N–H and O–H groups in total. The van der Waals surface area contributed by atoms with Crippen molar-refractivity contribution in [3.05, 3.63) is 29.3 Å². The van der Waals surface area contributed by atoms with Gasteiger partial charge in [0.05, 0.1) is 5.52 Å². The van der Waals surface area contributed by atoms with Crippen LogP contribution in [0.4, 0.5) is 5.82 Å². The molecule has 0 amide bonds. The van der Waals surface area contributed by atoms with Crippen molar-refractivity contribution in [3.63, 3.8) is 0 Å². The molecule has 1 aromatic carbocycles. The van der Waals surface area contributed by atoms with E-state index in [4.69, 9.17) is 5.73 Å². The third kappa shape index (κ3) is 1.36. The van der Waals surface area contributed by atoms with Crippen LogP contribution in [-0.4, -0.2) is 17.7 Å². The summed E-state index contributed by atoms with van der Waals surface area (Å²) in [6.07, 6.45) is 2.63. The summed E-state index contributed by atoms with van der Waals surface area (Å²) in [7, 11) is 2.20. The summed E-state index contributed by atoms with van der Waals surface area (Å²) in [5, 5.41) is 1.43. The van der Waals surface area contributed by atoms with Gasteiger partial charge < -0.3 is 15.2 Å². The minimum absolute atomic E-state index is 0.0893. The average molecular weight is 255 g/mol. The summed E-state index contributed by atoms with van der Waals surface area (Å²) >= 11 is 0. The number of rotatable bonds is 1. The van der Waals surface area contributed by atoms with E-state index in [0.717, 1.165) is 5.92 Å². The van der Waals surface area contributed by atoms with Crippen molar-refractivity contribution < 1.29 is 0 Å². The Morgan fingerprint density at radius 1 is 1.26 bits per heavy atom. The fourth-order valence-electron chi connectivity index (χ4n) is 4.09. The van der Waals surface area contributed by atoms with E-state index in [9.17, 15) is 0 Å². The van der Waals surface area contributed by atoms with Gasteiger partial charge in [-0.05, 0) is 31.2 Å². The average Bonchev–Trinajstić information content (AvgIpc) is 2.76. The maximum atomic E-state index is 6.16. The third-order valence-corrected chi connectivity index (χ3v) is 4.94. The molecule has 1 saturated heterocycles. The number of aryl methyl sites for hydroxylation is 1. The predicted octanol–water partition coefficient (Wildman–Crippen LogP) is 2.90. The SMILES string of the molecule is CC(N)c1cccc2c3c(n(C)c12)N1CCC3CC1. The van der Waals surface area contributed by atoms with Crippen LogP contribution in [0.5, 0.6) is 0 Å². The highest BCUT2D eigenvalue weighted by atomic mass is 15.3. The number of anilines is 1. The number of aromatic nitrogens is 1. The van der Waals surface area contributed by atoms with Crippen LogP contribution in [0.1, 0.15) is 42.9 Å². The van der Waals surface area contributed by atoms with Gasteiger partial charge in [-0.15, -0.1) is 0 Å². The van der Waals surface area contributed by atoms with Gasteiger partial charge in [0, 0.05) is 37.1 Å². The smallest absolute Gasteiger partial charge is 0.112 e. The topological polar surface area (TPSA) is 34.2 Å². The normalized spacial score (nSPS) is 20.1. The van der Waals surface area contributed by atoms with E-state index < -0.39 is 0 Å². The molecule has 3 aliphatic rings. The molecule has 1 unspecified atom stereocenters. The number of para-hydroxylation sites is 1. The molecule has 0 spiro atoms. The maximum Gasteiger partial charge on any atom is 0.112 e. The van der Waals surface area contributed by atoms with Crippen LogP contribution in [0, 0.1) is 0 Å². The first-order chi connectivity index (χ1) is 9.18. The van der Waals surface area contributed by atoms with Gasteiger partial charge in [-0.3, -0.25) is 0 Å². The van der Waals surface area contributed by atoms with Crippen molar-refractivity contribution in [1.82, 2.24) is 4.57 Å². The maximum absolute atomic E-state index is 6.16. The monoisotopic (exact) mass is 255 g/mol. The van der Waals surface area contributed by atoms with Crippen molar-refractivity contribution in [3.8, 4) is 0 Å². The highest BCUT2D eigenvalue weighted by molar-refractivity contribution is 5.94. The van der Waals surface area contributed by atoms with Crippen LogP contribution in [0.3, 0.4) is 0 Å². The van der Waals surface area contributed by atoms with E-state index in [2.05, 4.69) is 41.6 Å². The van der Waals surface area contributed by atoms with Crippen molar-refractivity contribution in [2.75, 3.05) is 18.0 Å². The van der Waals surface area contributed by atoms with Crippen LogP contribution in [-0.2, 0) is 7.05 Å². The van der Waals surface area contributed by atoms with Gasteiger partial charge in [-0.1, -0.05) is 18.2 Å². The Kier molecular flexibility index (Phi) is 2.25. The van der Waals surface area contributed by atoms with Crippen LogP contribution in [0.15, 0.2) is 18.2 Å². The largest absolute Gasteiger partial charge is 0.358 e. The molecule has 0 saturated carbocycles. The Morgan fingerprint density at radius 3 is 2.68 bits per heavy atom. The number of fused-ring (bicyclic) bond motifs is 3. The van der Waals surface area contributed by atoms with Crippen LogP contribution >= 0.6 is 0 Å². The molecule has 1 atom stereocenters. The molecule has 0 aliphatic carbocycles. The molecular formula is C16H21N3. The summed E-state index contributed by atoms with van der Waals surface area (Å²) in [5.41, 5.74) is 10.4. The van der Waals surface area contributed by atoms with E-state index in [1.165, 1.54) is 48.2 Å². The van der Waals surface area contributed by atoms with Gasteiger partial charge in [0.2, 0.25) is 0 Å². The molecule has 100 valence electrons. The Labute approximate surface area is 114 Å². The fraction of sp³-hybridized carbons (Fsp3) is 0.500. The zero-order valence-electron chi connectivity index (χ0n) is 11.7. The first-order valence-electron chi connectivity index (χ1n) is 7.30. The van der Waals surface area contributed by atoms with Crippen molar-refractivity contribution in [2.24, 2.45) is 12.8 Å². The number of benzene rings is 1. The third-order valence-electron chi connectivity index (χ3n) is 4.94. The number of nitrogens with two attached hydrogens (primary N) is 1. The summed E-state index contributed by atoms with van der Waals surface area (Å²) in [5.74, 6) is 2.21. The number of hydrogen-bond donors (Lipinski definition) is 1. The molecule has 1 fully saturated rings. The fourth-order valence-corrected chi connectivity index (χ4v) is 4.09. The zero-order chi connectivity index (χ0) is 13.1. The zero-order valence-corrected chi connectivity index (χ0v) is 11.7. The Balaban J connectivity index is 2.11. The molecule has 3 heteroatoms. The summed E-state index contributed by atoms with van der Waals surface area (Å²) in [6, 6.07) is 6.71. The van der Waals surface area contributed by atoms with Gasteiger partial charge in [0.15, 0.2) is 0 Å². The molecule has 2 aromatic rings. The molecule has 1 aromatic heterocycles. The van der Waals surface area contributed by atoms with E-state index in [-0.39, 0.29) is 6.04 Å². The molecule has 19 heavy (non-hydrogen) atoms. The highest BCUT2D eigenvalue weighted by Crippen LogP contribution is 2.48. The Bertz CT molecular complexity index is 646. The minimum atomic E-state index is 0.0893. The van der Waals surface area contributed by atoms with Gasteiger partial charge in [-0.2, -0.15) is 0 Å². The lowest BCUT2D eigenvalue weighted by Gasteiger charge is -2.41. The lowest BCUT2D eigenvalue weighted by molar-refractivity contribution is 0.469. The number of piperidine rings is 1. The van der Waals surface area contributed by atoms with Crippen molar-refractivity contribution >= 4 is 16.7 Å². The lowest BCUT2D eigenvalue weighted by Crippen LogP contribution is -2.39.